The Morgan fingerprint density at radius 3 is 2.48 bits per heavy atom. The van der Waals surface area contributed by atoms with Gasteiger partial charge in [0.2, 0.25) is 0 Å². The van der Waals surface area contributed by atoms with Crippen molar-refractivity contribution in [3.63, 3.8) is 0 Å². The second-order valence-corrected chi connectivity index (χ2v) is 7.84. The normalized spacial score (nSPS) is 16.9. The van der Waals surface area contributed by atoms with E-state index in [1.807, 2.05) is 4.90 Å². The molecule has 5 N–H and O–H groups in total. The highest BCUT2D eigenvalue weighted by Gasteiger charge is 2.30. The molecule has 4 rings (SSSR count). The fourth-order valence-corrected chi connectivity index (χ4v) is 3.78. The van der Waals surface area contributed by atoms with Crippen LogP contribution >= 0.6 is 0 Å². The third-order valence-electron chi connectivity index (χ3n) is 5.02. The summed E-state index contributed by atoms with van der Waals surface area (Å²) in [5.41, 5.74) is 3.23. The van der Waals surface area contributed by atoms with Gasteiger partial charge in [-0.25, -0.2) is 4.98 Å². The van der Waals surface area contributed by atoms with Crippen LogP contribution in [0.15, 0.2) is 10.9 Å². The Hall–Kier alpha value is -3.54. The first-order valence-corrected chi connectivity index (χ1v) is 10.6. The van der Waals surface area contributed by atoms with Gasteiger partial charge in [0, 0.05) is 51.0 Å². The van der Waals surface area contributed by atoms with Gasteiger partial charge in [0.25, 0.3) is 23.4 Å². The summed E-state index contributed by atoms with van der Waals surface area (Å²) in [7, 11) is 0. The van der Waals surface area contributed by atoms with Crippen molar-refractivity contribution in [3.8, 4) is 0 Å². The average Bonchev–Trinajstić information content (AvgIpc) is 3.16. The predicted molar refractivity (Wildman–Crippen MR) is 118 cm³/mol. The van der Waals surface area contributed by atoms with Crippen molar-refractivity contribution in [1.29, 1.82) is 0 Å². The van der Waals surface area contributed by atoms with E-state index in [1.165, 1.54) is 0 Å². The average molecular weight is 463 g/mol. The predicted octanol–water partition coefficient (Wildman–Crippen LogP) is 0.649. The Bertz CT molecular complexity index is 1030. The van der Waals surface area contributed by atoms with Crippen molar-refractivity contribution >= 4 is 17.8 Å². The minimum atomic E-state index is -0.833. The third kappa shape index (κ3) is 7.83. The van der Waals surface area contributed by atoms with Crippen molar-refractivity contribution in [3.05, 3.63) is 44.9 Å². The number of rotatable bonds is 2. The molecule has 0 bridgehead atoms. The van der Waals surface area contributed by atoms with Crippen LogP contribution < -0.4 is 10.9 Å². The number of carboxylic acid groups (broad SMARTS) is 2. The number of aliphatic carboxylic acids is 2. The largest absolute Gasteiger partial charge is 0.481 e. The van der Waals surface area contributed by atoms with Crippen molar-refractivity contribution in [1.82, 2.24) is 30.4 Å². The van der Waals surface area contributed by atoms with Gasteiger partial charge in [-0.15, -0.1) is 0 Å². The van der Waals surface area contributed by atoms with Crippen molar-refractivity contribution < 1.29 is 24.6 Å². The lowest BCUT2D eigenvalue weighted by Crippen LogP contribution is -2.40. The fraction of sp³-hybridized carbons (Fsp3) is 0.524. The standard InChI is InChI=1S/C17H22N6O2.2C2H4O2/c1-10-19-13(7-15(24)20-10)11-3-2-6-23(9-11)17(25)16-12-4-5-18-8-14(12)21-22-16;2*1-2(3)4/h7,11,18H,2-6,8-9H2,1H3,(H,21,22)(H,19,20,24);2*1H3,(H,3,4). The van der Waals surface area contributed by atoms with Crippen molar-refractivity contribution in [2.75, 3.05) is 19.6 Å². The number of carboxylic acids is 2. The quantitative estimate of drug-likeness (QED) is 0.428. The van der Waals surface area contributed by atoms with Crippen LogP contribution in [-0.2, 0) is 22.6 Å². The monoisotopic (exact) mass is 462 g/mol. The molecule has 1 atom stereocenters. The van der Waals surface area contributed by atoms with Crippen molar-refractivity contribution in [2.24, 2.45) is 0 Å². The second kappa shape index (κ2) is 11.9. The number of hydrogen-bond acceptors (Lipinski definition) is 7. The number of carbonyl (C=O) groups excluding carboxylic acids is 1. The van der Waals surface area contributed by atoms with E-state index in [9.17, 15) is 9.59 Å². The summed E-state index contributed by atoms with van der Waals surface area (Å²) >= 11 is 0. The summed E-state index contributed by atoms with van der Waals surface area (Å²) in [6, 6.07) is 1.55. The molecule has 0 spiro atoms. The van der Waals surface area contributed by atoms with Crippen LogP contribution in [0.25, 0.3) is 0 Å². The lowest BCUT2D eigenvalue weighted by atomic mass is 9.94. The van der Waals surface area contributed by atoms with E-state index in [0.717, 1.165) is 69.7 Å². The van der Waals surface area contributed by atoms with Gasteiger partial charge in [0.05, 0.1) is 11.4 Å². The van der Waals surface area contributed by atoms with E-state index in [4.69, 9.17) is 19.8 Å². The summed E-state index contributed by atoms with van der Waals surface area (Å²) in [4.78, 5) is 51.7. The van der Waals surface area contributed by atoms with Crippen LogP contribution in [0.3, 0.4) is 0 Å². The lowest BCUT2D eigenvalue weighted by molar-refractivity contribution is -0.135. The summed E-state index contributed by atoms with van der Waals surface area (Å²) < 4.78 is 0. The topological polar surface area (TPSA) is 181 Å². The molecule has 33 heavy (non-hydrogen) atoms. The van der Waals surface area contributed by atoms with E-state index in [-0.39, 0.29) is 17.4 Å². The van der Waals surface area contributed by atoms with Crippen LogP contribution in [0.5, 0.6) is 0 Å². The van der Waals surface area contributed by atoms with Gasteiger partial charge >= 0.3 is 0 Å². The van der Waals surface area contributed by atoms with Crippen LogP contribution in [0.4, 0.5) is 0 Å². The molecule has 180 valence electrons. The molecular formula is C21H30N6O6. The van der Waals surface area contributed by atoms with Gasteiger partial charge in [-0.1, -0.05) is 0 Å². The van der Waals surface area contributed by atoms with Gasteiger partial charge in [-0.2, -0.15) is 5.10 Å². The smallest absolute Gasteiger partial charge is 0.300 e. The van der Waals surface area contributed by atoms with E-state index in [2.05, 4.69) is 25.5 Å². The van der Waals surface area contributed by atoms with Crippen LogP contribution in [0.2, 0.25) is 0 Å². The van der Waals surface area contributed by atoms with Gasteiger partial charge in [0.15, 0.2) is 5.69 Å². The minimum Gasteiger partial charge on any atom is -0.481 e. The van der Waals surface area contributed by atoms with E-state index >= 15 is 0 Å². The van der Waals surface area contributed by atoms with Gasteiger partial charge < -0.3 is 25.4 Å². The second-order valence-electron chi connectivity index (χ2n) is 7.84. The number of carbonyl (C=O) groups is 3. The van der Waals surface area contributed by atoms with Gasteiger partial charge in [-0.3, -0.25) is 24.3 Å². The first-order chi connectivity index (χ1) is 15.6. The maximum Gasteiger partial charge on any atom is 0.300 e. The Labute approximate surface area is 190 Å². The number of fused-ring (bicyclic) bond motifs is 1. The first-order valence-electron chi connectivity index (χ1n) is 10.6. The maximum atomic E-state index is 13.0. The Morgan fingerprint density at radius 2 is 1.85 bits per heavy atom. The number of amides is 1. The molecule has 0 aromatic carbocycles. The number of nitrogens with zero attached hydrogens (tertiary/aromatic N) is 3. The molecule has 2 aromatic rings. The number of nitrogens with one attached hydrogen (secondary N) is 3. The molecule has 4 heterocycles. The van der Waals surface area contributed by atoms with Gasteiger partial charge in [-0.05, 0) is 32.7 Å². The molecule has 2 aliphatic heterocycles. The van der Waals surface area contributed by atoms with Crippen LogP contribution in [0, 0.1) is 6.92 Å². The van der Waals surface area contributed by atoms with E-state index in [1.54, 1.807) is 13.0 Å². The first kappa shape index (κ1) is 25.7. The molecule has 2 aromatic heterocycles. The number of likely N-dealkylation sites (tertiary alicyclic amines) is 1. The SMILES string of the molecule is CC(=O)O.CC(=O)O.Cc1nc(C2CCCN(C(=O)c3n[nH]c4c3CCNC4)C2)cc(=O)[nH]1. The zero-order chi connectivity index (χ0) is 24.5. The van der Waals surface area contributed by atoms with Crippen LogP contribution in [0.1, 0.15) is 65.9 Å². The van der Waals surface area contributed by atoms with Gasteiger partial charge in [0.1, 0.15) is 5.82 Å². The molecule has 0 saturated carbocycles. The number of hydrogen-bond donors (Lipinski definition) is 5. The molecule has 12 heteroatoms. The summed E-state index contributed by atoms with van der Waals surface area (Å²) in [5, 5.41) is 25.4. The number of aromatic nitrogens is 4. The number of aromatic amines is 2. The maximum absolute atomic E-state index is 13.0. The lowest BCUT2D eigenvalue weighted by Gasteiger charge is -2.32. The van der Waals surface area contributed by atoms with Crippen molar-refractivity contribution in [2.45, 2.75) is 52.5 Å². The molecule has 1 fully saturated rings. The number of H-pyrrole nitrogens is 2. The molecule has 1 amide bonds. The minimum absolute atomic E-state index is 0.0225. The highest BCUT2D eigenvalue weighted by atomic mass is 16.4. The zero-order valence-corrected chi connectivity index (χ0v) is 19.0. The summed E-state index contributed by atoms with van der Waals surface area (Å²) in [5.74, 6) is -0.986. The Kier molecular flexibility index (Phi) is 9.28. The summed E-state index contributed by atoms with van der Waals surface area (Å²) in [6.07, 6.45) is 2.65. The highest BCUT2D eigenvalue weighted by Crippen LogP contribution is 2.27. The Morgan fingerprint density at radius 1 is 1.18 bits per heavy atom. The molecular weight excluding hydrogens is 432 g/mol. The number of aryl methyl sites for hydroxylation is 1. The van der Waals surface area contributed by atoms with E-state index in [0.29, 0.717) is 18.1 Å². The molecule has 2 aliphatic rings. The fourth-order valence-electron chi connectivity index (χ4n) is 3.78. The molecule has 0 aliphatic carbocycles. The van der Waals surface area contributed by atoms with E-state index < -0.39 is 11.9 Å². The molecule has 0 radical (unpaired) electrons. The number of piperidine rings is 1. The summed E-state index contributed by atoms with van der Waals surface area (Å²) in [6.45, 7) is 6.84. The third-order valence-corrected chi connectivity index (χ3v) is 5.02. The highest BCUT2D eigenvalue weighted by molar-refractivity contribution is 5.94. The Balaban J connectivity index is 0.000000420. The van der Waals surface area contributed by atoms with Crippen LogP contribution in [-0.4, -0.2) is 72.8 Å². The molecule has 12 nitrogen and oxygen atoms in total. The molecule has 1 unspecified atom stereocenters. The molecule has 1 saturated heterocycles. The zero-order valence-electron chi connectivity index (χ0n) is 19.0.